The van der Waals surface area contributed by atoms with Crippen LogP contribution in [0.4, 0.5) is 0 Å². The van der Waals surface area contributed by atoms with Gasteiger partial charge in [0, 0.05) is 26.2 Å². The summed E-state index contributed by atoms with van der Waals surface area (Å²) in [5.74, 6) is 0. The van der Waals surface area contributed by atoms with Gasteiger partial charge >= 0.3 is 0 Å². The Morgan fingerprint density at radius 2 is 1.54 bits per heavy atom. The van der Waals surface area contributed by atoms with Crippen molar-refractivity contribution in [3.05, 3.63) is 0 Å². The molecule has 1 fully saturated rings. The van der Waals surface area contributed by atoms with Gasteiger partial charge in [-0.15, -0.1) is 0 Å². The van der Waals surface area contributed by atoms with Gasteiger partial charge in [0.25, 0.3) is 0 Å². The summed E-state index contributed by atoms with van der Waals surface area (Å²) in [5.41, 5.74) is 0. The normalized spacial score (nSPS) is 17.8. The molecule has 4 heteroatoms. The summed E-state index contributed by atoms with van der Waals surface area (Å²) in [6, 6.07) is 0. The minimum absolute atomic E-state index is 0.913. The molecular formula is C9H23N3O. The topological polar surface area (TPSA) is 36.5 Å². The number of morpholine rings is 1. The van der Waals surface area contributed by atoms with E-state index in [0.29, 0.717) is 0 Å². The van der Waals surface area contributed by atoms with E-state index in [1.165, 1.54) is 0 Å². The molecular weight excluding hydrogens is 166 g/mol. The molecule has 0 radical (unpaired) electrons. The molecule has 80 valence electrons. The summed E-state index contributed by atoms with van der Waals surface area (Å²) in [5, 5.41) is 6.01. The van der Waals surface area contributed by atoms with Gasteiger partial charge in [-0.25, -0.2) is 0 Å². The summed E-state index contributed by atoms with van der Waals surface area (Å²) >= 11 is 0. The van der Waals surface area contributed by atoms with Gasteiger partial charge in [0.15, 0.2) is 0 Å². The second-order valence-electron chi connectivity index (χ2n) is 3.12. The fourth-order valence-corrected chi connectivity index (χ4v) is 0.905. The summed E-state index contributed by atoms with van der Waals surface area (Å²) in [7, 11) is 6.00. The molecule has 0 aromatic rings. The van der Waals surface area contributed by atoms with Crippen molar-refractivity contribution >= 4 is 0 Å². The van der Waals surface area contributed by atoms with Crippen molar-refractivity contribution in [3.8, 4) is 0 Å². The molecule has 4 nitrogen and oxygen atoms in total. The van der Waals surface area contributed by atoms with E-state index in [-0.39, 0.29) is 0 Å². The van der Waals surface area contributed by atoms with E-state index in [1.54, 1.807) is 0 Å². The third-order valence-corrected chi connectivity index (χ3v) is 1.86. The van der Waals surface area contributed by atoms with Gasteiger partial charge in [-0.3, -0.25) is 0 Å². The fourth-order valence-electron chi connectivity index (χ4n) is 0.905. The first-order valence-electron chi connectivity index (χ1n) is 4.86. The maximum absolute atomic E-state index is 5.10. The lowest BCUT2D eigenvalue weighted by Gasteiger charge is -2.21. The van der Waals surface area contributed by atoms with Gasteiger partial charge in [0.2, 0.25) is 0 Å². The van der Waals surface area contributed by atoms with Crippen molar-refractivity contribution in [3.63, 3.8) is 0 Å². The smallest absolute Gasteiger partial charge is 0.0594 e. The molecule has 0 saturated carbocycles. The van der Waals surface area contributed by atoms with Crippen LogP contribution in [0.15, 0.2) is 0 Å². The van der Waals surface area contributed by atoms with Crippen molar-refractivity contribution in [2.45, 2.75) is 0 Å². The third kappa shape index (κ3) is 9.76. The SMILES string of the molecule is CN1CCOCC1.CNCCNC. The predicted molar refractivity (Wildman–Crippen MR) is 56.2 cm³/mol. The first-order valence-corrected chi connectivity index (χ1v) is 4.86. The van der Waals surface area contributed by atoms with Crippen molar-refractivity contribution in [1.82, 2.24) is 15.5 Å². The van der Waals surface area contributed by atoms with E-state index in [0.717, 1.165) is 39.4 Å². The standard InChI is InChI=1S/C5H11NO.C4H12N2/c1-6-2-4-7-5-3-6;1-5-3-4-6-2/h2-5H2,1H3;5-6H,3-4H2,1-2H3. The molecule has 1 heterocycles. The number of nitrogens with zero attached hydrogens (tertiary/aromatic N) is 1. The van der Waals surface area contributed by atoms with Crippen LogP contribution in [0.25, 0.3) is 0 Å². The van der Waals surface area contributed by atoms with E-state index in [2.05, 4.69) is 22.6 Å². The van der Waals surface area contributed by atoms with Crippen molar-refractivity contribution in [1.29, 1.82) is 0 Å². The minimum atomic E-state index is 0.913. The minimum Gasteiger partial charge on any atom is -0.379 e. The van der Waals surface area contributed by atoms with Gasteiger partial charge < -0.3 is 20.3 Å². The Balaban J connectivity index is 0.000000226. The number of hydrogen-bond acceptors (Lipinski definition) is 4. The van der Waals surface area contributed by atoms with Crippen molar-refractivity contribution < 1.29 is 4.74 Å². The highest BCUT2D eigenvalue weighted by Gasteiger charge is 2.02. The Bertz CT molecular complexity index is 90.9. The Morgan fingerprint density at radius 3 is 1.77 bits per heavy atom. The number of hydrogen-bond donors (Lipinski definition) is 2. The zero-order chi connectivity index (χ0) is 9.94. The van der Waals surface area contributed by atoms with E-state index < -0.39 is 0 Å². The lowest BCUT2D eigenvalue weighted by molar-refractivity contribution is 0.0503. The van der Waals surface area contributed by atoms with E-state index >= 15 is 0 Å². The number of likely N-dealkylation sites (N-methyl/N-ethyl adjacent to an activating group) is 3. The molecule has 1 aliphatic rings. The first-order chi connectivity index (χ1) is 6.31. The third-order valence-electron chi connectivity index (χ3n) is 1.86. The van der Waals surface area contributed by atoms with Crippen LogP contribution in [0.3, 0.4) is 0 Å². The van der Waals surface area contributed by atoms with E-state index in [9.17, 15) is 0 Å². The van der Waals surface area contributed by atoms with E-state index in [4.69, 9.17) is 4.74 Å². The Kier molecular flexibility index (Phi) is 9.80. The van der Waals surface area contributed by atoms with Gasteiger partial charge in [-0.1, -0.05) is 0 Å². The predicted octanol–water partition coefficient (Wildman–Crippen LogP) is -0.626. The quantitative estimate of drug-likeness (QED) is 0.580. The lowest BCUT2D eigenvalue weighted by atomic mass is 10.5. The Morgan fingerprint density at radius 1 is 1.08 bits per heavy atom. The summed E-state index contributed by atoms with van der Waals surface area (Å²) in [6.07, 6.45) is 0. The summed E-state index contributed by atoms with van der Waals surface area (Å²) < 4.78 is 5.10. The monoisotopic (exact) mass is 189 g/mol. The average molecular weight is 189 g/mol. The van der Waals surface area contributed by atoms with Crippen LogP contribution in [0.1, 0.15) is 0 Å². The maximum atomic E-state index is 5.10. The highest BCUT2D eigenvalue weighted by atomic mass is 16.5. The molecule has 0 aliphatic carbocycles. The van der Waals surface area contributed by atoms with Crippen LogP contribution in [0, 0.1) is 0 Å². The van der Waals surface area contributed by atoms with Crippen LogP contribution in [-0.2, 0) is 4.74 Å². The largest absolute Gasteiger partial charge is 0.379 e. The molecule has 1 aliphatic heterocycles. The van der Waals surface area contributed by atoms with Crippen LogP contribution >= 0.6 is 0 Å². The maximum Gasteiger partial charge on any atom is 0.0594 e. The molecule has 1 rings (SSSR count). The summed E-state index contributed by atoms with van der Waals surface area (Å²) in [6.45, 7) is 6.12. The number of rotatable bonds is 3. The van der Waals surface area contributed by atoms with Gasteiger partial charge in [0.05, 0.1) is 13.2 Å². The second-order valence-corrected chi connectivity index (χ2v) is 3.12. The summed E-state index contributed by atoms with van der Waals surface area (Å²) in [4.78, 5) is 2.27. The van der Waals surface area contributed by atoms with Crippen LogP contribution in [0.2, 0.25) is 0 Å². The molecule has 13 heavy (non-hydrogen) atoms. The highest BCUT2D eigenvalue weighted by molar-refractivity contribution is 4.53. The zero-order valence-electron chi connectivity index (χ0n) is 9.10. The second kappa shape index (κ2) is 9.92. The van der Waals surface area contributed by atoms with Crippen LogP contribution in [-0.4, -0.2) is 65.4 Å². The van der Waals surface area contributed by atoms with Crippen LogP contribution < -0.4 is 10.6 Å². The van der Waals surface area contributed by atoms with Gasteiger partial charge in [-0.05, 0) is 21.1 Å². The number of ether oxygens (including phenoxy) is 1. The molecule has 0 spiro atoms. The lowest BCUT2D eigenvalue weighted by Crippen LogP contribution is -2.32. The molecule has 0 amide bonds. The van der Waals surface area contributed by atoms with E-state index in [1.807, 2.05) is 14.1 Å². The van der Waals surface area contributed by atoms with Crippen LogP contribution in [0.5, 0.6) is 0 Å². The molecule has 0 aromatic heterocycles. The Labute approximate surface area is 81.6 Å². The highest BCUT2D eigenvalue weighted by Crippen LogP contribution is 1.89. The molecule has 2 N–H and O–H groups in total. The zero-order valence-corrected chi connectivity index (χ0v) is 9.10. The first kappa shape index (κ1) is 12.8. The molecule has 0 bridgehead atoms. The van der Waals surface area contributed by atoms with Crippen molar-refractivity contribution in [2.24, 2.45) is 0 Å². The van der Waals surface area contributed by atoms with Gasteiger partial charge in [-0.2, -0.15) is 0 Å². The average Bonchev–Trinajstić information content (AvgIpc) is 2.17. The Hall–Kier alpha value is -0.160. The number of nitrogens with one attached hydrogen (secondary N) is 2. The molecule has 1 saturated heterocycles. The molecule has 0 atom stereocenters. The molecule has 0 unspecified atom stereocenters. The van der Waals surface area contributed by atoms with Crippen molar-refractivity contribution in [2.75, 3.05) is 60.5 Å². The van der Waals surface area contributed by atoms with Gasteiger partial charge in [0.1, 0.15) is 0 Å². The fraction of sp³-hybridized carbons (Fsp3) is 1.00. The molecule has 0 aromatic carbocycles.